The van der Waals surface area contributed by atoms with Gasteiger partial charge in [0.2, 0.25) is 0 Å². The molecule has 2 nitrogen and oxygen atoms in total. The molecule has 0 unspecified atom stereocenters. The Morgan fingerprint density at radius 1 is 1.27 bits per heavy atom. The molecule has 0 amide bonds. The van der Waals surface area contributed by atoms with Crippen LogP contribution in [0.1, 0.15) is 18.1 Å². The van der Waals surface area contributed by atoms with E-state index in [2.05, 4.69) is 43.1 Å². The van der Waals surface area contributed by atoms with E-state index in [0.29, 0.717) is 0 Å². The quantitative estimate of drug-likeness (QED) is 0.710. The van der Waals surface area contributed by atoms with Crippen molar-refractivity contribution in [3.05, 3.63) is 35.4 Å². The predicted molar refractivity (Wildman–Crippen MR) is 64.0 cm³/mol. The van der Waals surface area contributed by atoms with E-state index >= 15 is 0 Å². The maximum Gasteiger partial charge on any atom is 0.0589 e. The number of likely N-dealkylation sites (N-methyl/N-ethyl adjacent to an activating group) is 1. The van der Waals surface area contributed by atoms with E-state index < -0.39 is 0 Å². The second kappa shape index (κ2) is 6.59. The zero-order valence-electron chi connectivity index (χ0n) is 9.99. The molecule has 0 N–H and O–H groups in total. The molecular formula is C13H21NO. The highest BCUT2D eigenvalue weighted by Gasteiger charge is 2.00. The van der Waals surface area contributed by atoms with Gasteiger partial charge in [-0.25, -0.2) is 0 Å². The fraction of sp³-hybridized carbons (Fsp3) is 0.538. The van der Waals surface area contributed by atoms with Crippen LogP contribution >= 0.6 is 0 Å². The molecule has 1 aromatic carbocycles. The van der Waals surface area contributed by atoms with Gasteiger partial charge < -0.3 is 4.74 Å². The average Bonchev–Trinajstić information content (AvgIpc) is 2.26. The van der Waals surface area contributed by atoms with Crippen molar-refractivity contribution in [1.82, 2.24) is 4.90 Å². The van der Waals surface area contributed by atoms with E-state index in [-0.39, 0.29) is 0 Å². The molecule has 0 atom stereocenters. The van der Waals surface area contributed by atoms with Crippen LogP contribution in [0.2, 0.25) is 0 Å². The van der Waals surface area contributed by atoms with Gasteiger partial charge in [0, 0.05) is 20.2 Å². The van der Waals surface area contributed by atoms with E-state index in [1.807, 2.05) is 0 Å². The van der Waals surface area contributed by atoms with Crippen LogP contribution < -0.4 is 0 Å². The molecule has 2 heteroatoms. The molecule has 0 saturated carbocycles. The van der Waals surface area contributed by atoms with Crippen LogP contribution in [0.15, 0.2) is 24.3 Å². The molecule has 0 bridgehead atoms. The molecule has 0 aromatic heterocycles. The van der Waals surface area contributed by atoms with Gasteiger partial charge in [-0.3, -0.25) is 4.90 Å². The zero-order chi connectivity index (χ0) is 11.1. The van der Waals surface area contributed by atoms with Gasteiger partial charge in [-0.1, -0.05) is 31.2 Å². The molecule has 0 saturated heterocycles. The summed E-state index contributed by atoms with van der Waals surface area (Å²) in [6.45, 7) is 4.96. The fourth-order valence-electron chi connectivity index (χ4n) is 1.59. The monoisotopic (exact) mass is 207 g/mol. The molecule has 1 rings (SSSR count). The summed E-state index contributed by atoms with van der Waals surface area (Å²) in [4.78, 5) is 2.28. The Morgan fingerprint density at radius 3 is 2.67 bits per heavy atom. The van der Waals surface area contributed by atoms with Crippen molar-refractivity contribution < 1.29 is 4.74 Å². The number of methoxy groups -OCH3 is 1. The zero-order valence-corrected chi connectivity index (χ0v) is 9.99. The van der Waals surface area contributed by atoms with Crippen molar-refractivity contribution in [2.24, 2.45) is 0 Å². The molecule has 15 heavy (non-hydrogen) atoms. The van der Waals surface area contributed by atoms with Crippen LogP contribution in [-0.2, 0) is 17.7 Å². The molecule has 84 valence electrons. The SMILES string of the molecule is CCc1cccc(CN(C)CCOC)c1. The van der Waals surface area contributed by atoms with E-state index in [1.54, 1.807) is 7.11 Å². The van der Waals surface area contributed by atoms with Crippen LogP contribution in [0.4, 0.5) is 0 Å². The van der Waals surface area contributed by atoms with Gasteiger partial charge in [-0.05, 0) is 24.6 Å². The number of hydrogen-bond donors (Lipinski definition) is 0. The van der Waals surface area contributed by atoms with Gasteiger partial charge >= 0.3 is 0 Å². The van der Waals surface area contributed by atoms with Crippen molar-refractivity contribution in [3.63, 3.8) is 0 Å². The highest BCUT2D eigenvalue weighted by atomic mass is 16.5. The van der Waals surface area contributed by atoms with E-state index in [4.69, 9.17) is 4.74 Å². The number of aryl methyl sites for hydroxylation is 1. The average molecular weight is 207 g/mol. The Labute approximate surface area is 92.9 Å². The smallest absolute Gasteiger partial charge is 0.0589 e. The normalized spacial score (nSPS) is 10.9. The standard InChI is InChI=1S/C13H21NO/c1-4-12-6-5-7-13(10-12)11-14(2)8-9-15-3/h5-7,10H,4,8-9,11H2,1-3H3. The van der Waals surface area contributed by atoms with Gasteiger partial charge in [0.1, 0.15) is 0 Å². The van der Waals surface area contributed by atoms with E-state index in [0.717, 1.165) is 26.1 Å². The molecule has 0 radical (unpaired) electrons. The van der Waals surface area contributed by atoms with Crippen molar-refractivity contribution >= 4 is 0 Å². The first-order chi connectivity index (χ1) is 7.26. The summed E-state index contributed by atoms with van der Waals surface area (Å²) in [5, 5.41) is 0. The first-order valence-electron chi connectivity index (χ1n) is 5.51. The minimum absolute atomic E-state index is 0.796. The minimum atomic E-state index is 0.796. The largest absolute Gasteiger partial charge is 0.383 e. The molecular weight excluding hydrogens is 186 g/mol. The first-order valence-corrected chi connectivity index (χ1v) is 5.51. The number of hydrogen-bond acceptors (Lipinski definition) is 2. The summed E-state index contributed by atoms with van der Waals surface area (Å²) in [6, 6.07) is 8.78. The van der Waals surface area contributed by atoms with E-state index in [1.165, 1.54) is 11.1 Å². The lowest BCUT2D eigenvalue weighted by Gasteiger charge is -2.16. The molecule has 0 aliphatic heterocycles. The summed E-state index contributed by atoms with van der Waals surface area (Å²) in [5.74, 6) is 0. The Morgan fingerprint density at radius 2 is 2.00 bits per heavy atom. The van der Waals surface area contributed by atoms with Crippen molar-refractivity contribution in [1.29, 1.82) is 0 Å². The van der Waals surface area contributed by atoms with Crippen LogP contribution in [0, 0.1) is 0 Å². The lowest BCUT2D eigenvalue weighted by atomic mass is 10.1. The van der Waals surface area contributed by atoms with Gasteiger partial charge in [-0.2, -0.15) is 0 Å². The van der Waals surface area contributed by atoms with Gasteiger partial charge in [0.05, 0.1) is 6.61 Å². The number of benzene rings is 1. The highest BCUT2D eigenvalue weighted by molar-refractivity contribution is 5.23. The summed E-state index contributed by atoms with van der Waals surface area (Å²) >= 11 is 0. The predicted octanol–water partition coefficient (Wildman–Crippen LogP) is 2.33. The van der Waals surface area contributed by atoms with Gasteiger partial charge in [0.25, 0.3) is 0 Å². The Balaban J connectivity index is 2.48. The third kappa shape index (κ3) is 4.45. The van der Waals surface area contributed by atoms with E-state index in [9.17, 15) is 0 Å². The maximum atomic E-state index is 5.05. The highest BCUT2D eigenvalue weighted by Crippen LogP contribution is 2.07. The van der Waals surface area contributed by atoms with Crippen LogP contribution in [0.25, 0.3) is 0 Å². The summed E-state index contributed by atoms with van der Waals surface area (Å²) in [5.41, 5.74) is 2.79. The lowest BCUT2D eigenvalue weighted by molar-refractivity contribution is 0.158. The first kappa shape index (κ1) is 12.2. The summed E-state index contributed by atoms with van der Waals surface area (Å²) < 4.78 is 5.05. The lowest BCUT2D eigenvalue weighted by Crippen LogP contribution is -2.22. The Kier molecular flexibility index (Phi) is 5.37. The van der Waals surface area contributed by atoms with Crippen molar-refractivity contribution in [2.75, 3.05) is 27.3 Å². The van der Waals surface area contributed by atoms with Crippen LogP contribution in [0.5, 0.6) is 0 Å². The molecule has 1 aromatic rings. The van der Waals surface area contributed by atoms with Gasteiger partial charge in [-0.15, -0.1) is 0 Å². The summed E-state index contributed by atoms with van der Waals surface area (Å²) in [7, 11) is 3.86. The Bertz CT molecular complexity index is 286. The van der Waals surface area contributed by atoms with Crippen LogP contribution in [0.3, 0.4) is 0 Å². The molecule has 0 fully saturated rings. The second-order valence-corrected chi connectivity index (χ2v) is 3.90. The second-order valence-electron chi connectivity index (χ2n) is 3.90. The Hall–Kier alpha value is -0.860. The number of rotatable bonds is 6. The molecule has 0 spiro atoms. The summed E-state index contributed by atoms with van der Waals surface area (Å²) in [6.07, 6.45) is 1.11. The topological polar surface area (TPSA) is 12.5 Å². The molecule has 0 aliphatic carbocycles. The molecule has 0 heterocycles. The minimum Gasteiger partial charge on any atom is -0.383 e. The third-order valence-electron chi connectivity index (χ3n) is 2.53. The maximum absolute atomic E-state index is 5.05. The van der Waals surface area contributed by atoms with Crippen molar-refractivity contribution in [2.45, 2.75) is 19.9 Å². The van der Waals surface area contributed by atoms with Gasteiger partial charge in [0.15, 0.2) is 0 Å². The number of nitrogens with zero attached hydrogens (tertiary/aromatic N) is 1. The molecule has 0 aliphatic rings. The third-order valence-corrected chi connectivity index (χ3v) is 2.53. The van der Waals surface area contributed by atoms with Crippen LogP contribution in [-0.4, -0.2) is 32.2 Å². The fourth-order valence-corrected chi connectivity index (χ4v) is 1.59. The number of ether oxygens (including phenoxy) is 1. The van der Waals surface area contributed by atoms with Crippen molar-refractivity contribution in [3.8, 4) is 0 Å².